The van der Waals surface area contributed by atoms with E-state index >= 15 is 0 Å². The molecule has 0 saturated carbocycles. The first-order chi connectivity index (χ1) is 24.3. The number of rotatable bonds is 6. The molecule has 1 aromatic heterocycles. The van der Waals surface area contributed by atoms with Gasteiger partial charge >= 0.3 is 0 Å². The fraction of sp³-hybridized carbons (Fsp3) is 0.0217. The molecule has 0 N–H and O–H groups in total. The maximum absolute atomic E-state index is 5.05. The first-order valence-corrected chi connectivity index (χ1v) is 16.6. The molecule has 1 aliphatic carbocycles. The number of nitrogens with zero attached hydrogens (tertiary/aromatic N) is 3. The summed E-state index contributed by atoms with van der Waals surface area (Å²) >= 11 is 0. The van der Waals surface area contributed by atoms with Crippen molar-refractivity contribution in [2.45, 2.75) is 5.41 Å². The lowest BCUT2D eigenvalue weighted by Gasteiger charge is -2.34. The van der Waals surface area contributed by atoms with E-state index in [1.165, 1.54) is 38.9 Å². The molecule has 8 aromatic rings. The molecule has 3 heteroatoms. The summed E-state index contributed by atoms with van der Waals surface area (Å²) < 4.78 is 0. The summed E-state index contributed by atoms with van der Waals surface area (Å²) in [5.74, 6) is 1.94. The van der Waals surface area contributed by atoms with Gasteiger partial charge in [0.25, 0.3) is 0 Å². The predicted octanol–water partition coefficient (Wildman–Crippen LogP) is 10.9. The molecular formula is C46H31N3. The van der Waals surface area contributed by atoms with Gasteiger partial charge in [0.15, 0.2) is 17.5 Å². The summed E-state index contributed by atoms with van der Waals surface area (Å²) in [4.78, 5) is 15.0. The summed E-state index contributed by atoms with van der Waals surface area (Å²) in [6, 6.07) is 66.3. The zero-order valence-electron chi connectivity index (χ0n) is 26.7. The largest absolute Gasteiger partial charge is 0.208 e. The molecule has 0 atom stereocenters. The third-order valence-corrected chi connectivity index (χ3v) is 9.65. The smallest absolute Gasteiger partial charge is 0.164 e. The van der Waals surface area contributed by atoms with Crippen molar-refractivity contribution in [1.29, 1.82) is 0 Å². The average Bonchev–Trinajstić information content (AvgIpc) is 3.50. The minimum atomic E-state index is -0.451. The minimum Gasteiger partial charge on any atom is -0.208 e. The standard InChI is InChI=1S/C46H31N3/c1-4-14-32(15-5-1)33-24-26-35(27-25-33)44-47-43(34-16-6-2-7-17-34)48-45(49-44)36-28-30-38(31-29-36)46(37-18-8-3-9-19-37)41-22-12-10-20-39(41)40-21-11-13-23-42(40)46/h1-31H. The highest BCUT2D eigenvalue weighted by molar-refractivity contribution is 5.86. The maximum atomic E-state index is 5.05. The lowest BCUT2D eigenvalue weighted by molar-refractivity contribution is 0.768. The van der Waals surface area contributed by atoms with E-state index < -0.39 is 5.41 Å². The van der Waals surface area contributed by atoms with Crippen LogP contribution in [-0.4, -0.2) is 15.0 Å². The Bertz CT molecular complexity index is 2360. The second-order valence-electron chi connectivity index (χ2n) is 12.4. The fourth-order valence-corrected chi connectivity index (χ4v) is 7.37. The van der Waals surface area contributed by atoms with Crippen LogP contribution >= 0.6 is 0 Å². The average molecular weight is 626 g/mol. The molecule has 49 heavy (non-hydrogen) atoms. The molecule has 9 rings (SSSR count). The Kier molecular flexibility index (Phi) is 7.02. The number of aromatic nitrogens is 3. The molecule has 0 unspecified atom stereocenters. The molecule has 0 radical (unpaired) electrons. The van der Waals surface area contributed by atoms with Gasteiger partial charge in [0.1, 0.15) is 0 Å². The highest BCUT2D eigenvalue weighted by Crippen LogP contribution is 2.56. The number of hydrogen-bond acceptors (Lipinski definition) is 3. The van der Waals surface area contributed by atoms with Gasteiger partial charge in [0, 0.05) is 16.7 Å². The van der Waals surface area contributed by atoms with Crippen molar-refractivity contribution in [3.8, 4) is 56.4 Å². The Morgan fingerprint density at radius 1 is 0.265 bits per heavy atom. The van der Waals surface area contributed by atoms with Gasteiger partial charge in [0.2, 0.25) is 0 Å². The van der Waals surface area contributed by atoms with Gasteiger partial charge in [-0.2, -0.15) is 0 Å². The normalized spacial score (nSPS) is 12.7. The van der Waals surface area contributed by atoms with Gasteiger partial charge in [-0.15, -0.1) is 0 Å². The van der Waals surface area contributed by atoms with Crippen LogP contribution in [0.4, 0.5) is 0 Å². The first kappa shape index (κ1) is 28.7. The molecule has 230 valence electrons. The summed E-state index contributed by atoms with van der Waals surface area (Å²) in [6.07, 6.45) is 0. The van der Waals surface area contributed by atoms with Gasteiger partial charge in [0.05, 0.1) is 5.41 Å². The van der Waals surface area contributed by atoms with Crippen molar-refractivity contribution >= 4 is 0 Å². The predicted molar refractivity (Wildman–Crippen MR) is 199 cm³/mol. The molecule has 0 fully saturated rings. The van der Waals surface area contributed by atoms with Crippen LogP contribution < -0.4 is 0 Å². The van der Waals surface area contributed by atoms with Gasteiger partial charge in [-0.3, -0.25) is 0 Å². The molecular weight excluding hydrogens is 595 g/mol. The fourth-order valence-electron chi connectivity index (χ4n) is 7.37. The van der Waals surface area contributed by atoms with Crippen LogP contribution in [0.15, 0.2) is 188 Å². The van der Waals surface area contributed by atoms with E-state index in [1.54, 1.807) is 0 Å². The van der Waals surface area contributed by atoms with E-state index in [1.807, 2.05) is 36.4 Å². The van der Waals surface area contributed by atoms with Gasteiger partial charge in [-0.25, -0.2) is 15.0 Å². The van der Waals surface area contributed by atoms with Crippen LogP contribution in [0.25, 0.3) is 56.4 Å². The second-order valence-corrected chi connectivity index (χ2v) is 12.4. The van der Waals surface area contributed by atoms with Gasteiger partial charge in [-0.1, -0.05) is 188 Å². The molecule has 0 spiro atoms. The number of benzene rings is 7. The first-order valence-electron chi connectivity index (χ1n) is 16.6. The van der Waals surface area contributed by atoms with E-state index in [0.717, 1.165) is 22.3 Å². The monoisotopic (exact) mass is 625 g/mol. The molecule has 1 aliphatic rings. The van der Waals surface area contributed by atoms with Crippen molar-refractivity contribution in [3.05, 3.63) is 210 Å². The maximum Gasteiger partial charge on any atom is 0.164 e. The van der Waals surface area contributed by atoms with Crippen LogP contribution in [0, 0.1) is 0 Å². The highest BCUT2D eigenvalue weighted by atomic mass is 15.0. The minimum absolute atomic E-state index is 0.451. The molecule has 0 aliphatic heterocycles. The van der Waals surface area contributed by atoms with Crippen molar-refractivity contribution in [2.24, 2.45) is 0 Å². The van der Waals surface area contributed by atoms with Crippen LogP contribution in [0.1, 0.15) is 22.3 Å². The van der Waals surface area contributed by atoms with Crippen molar-refractivity contribution in [2.75, 3.05) is 0 Å². The summed E-state index contributed by atoms with van der Waals surface area (Å²) in [5, 5.41) is 0. The molecule has 0 amide bonds. The van der Waals surface area contributed by atoms with E-state index in [-0.39, 0.29) is 0 Å². The van der Waals surface area contributed by atoms with Gasteiger partial charge < -0.3 is 0 Å². The SMILES string of the molecule is c1ccc(-c2ccc(-c3nc(-c4ccccc4)nc(-c4ccc(C5(c6ccccc6)c6ccccc6-c6ccccc65)cc4)n3)cc2)cc1. The lowest BCUT2D eigenvalue weighted by atomic mass is 9.67. The second kappa shape index (κ2) is 12.0. The molecule has 3 nitrogen and oxygen atoms in total. The van der Waals surface area contributed by atoms with E-state index in [9.17, 15) is 0 Å². The molecule has 1 heterocycles. The molecule has 7 aromatic carbocycles. The Labute approximate surface area is 286 Å². The van der Waals surface area contributed by atoms with Gasteiger partial charge in [-0.05, 0) is 44.5 Å². The van der Waals surface area contributed by atoms with Crippen molar-refractivity contribution in [3.63, 3.8) is 0 Å². The summed E-state index contributed by atoms with van der Waals surface area (Å²) in [6.45, 7) is 0. The Hall–Kier alpha value is -6.45. The van der Waals surface area contributed by atoms with E-state index in [4.69, 9.17) is 15.0 Å². The van der Waals surface area contributed by atoms with Crippen LogP contribution in [0.2, 0.25) is 0 Å². The van der Waals surface area contributed by atoms with Crippen LogP contribution in [-0.2, 0) is 5.41 Å². The molecule has 0 bridgehead atoms. The Morgan fingerprint density at radius 3 is 1.10 bits per heavy atom. The summed E-state index contributed by atoms with van der Waals surface area (Å²) in [5.41, 5.74) is 12.3. The number of hydrogen-bond donors (Lipinski definition) is 0. The third-order valence-electron chi connectivity index (χ3n) is 9.65. The van der Waals surface area contributed by atoms with E-state index in [0.29, 0.717) is 17.5 Å². The van der Waals surface area contributed by atoms with Crippen LogP contribution in [0.3, 0.4) is 0 Å². The Balaban J connectivity index is 1.18. The zero-order chi connectivity index (χ0) is 32.6. The Morgan fingerprint density at radius 2 is 0.592 bits per heavy atom. The zero-order valence-corrected chi connectivity index (χ0v) is 26.7. The lowest BCUT2D eigenvalue weighted by Crippen LogP contribution is -2.28. The topological polar surface area (TPSA) is 38.7 Å². The van der Waals surface area contributed by atoms with Crippen molar-refractivity contribution in [1.82, 2.24) is 15.0 Å². The quantitative estimate of drug-likeness (QED) is 0.185. The van der Waals surface area contributed by atoms with Crippen LogP contribution in [0.5, 0.6) is 0 Å². The summed E-state index contributed by atoms with van der Waals surface area (Å²) in [7, 11) is 0. The van der Waals surface area contributed by atoms with E-state index in [2.05, 4.69) is 152 Å². The highest BCUT2D eigenvalue weighted by Gasteiger charge is 2.45. The third kappa shape index (κ3) is 4.87. The molecule has 0 saturated heterocycles. The van der Waals surface area contributed by atoms with Crippen molar-refractivity contribution < 1.29 is 0 Å². The number of fused-ring (bicyclic) bond motifs is 3.